The van der Waals surface area contributed by atoms with Gasteiger partial charge in [-0.1, -0.05) is 24.8 Å². The van der Waals surface area contributed by atoms with Crippen molar-refractivity contribution in [1.82, 2.24) is 4.98 Å². The molecule has 24 heavy (non-hydrogen) atoms. The number of esters is 1. The first-order valence-corrected chi connectivity index (χ1v) is 9.50. The van der Waals surface area contributed by atoms with Gasteiger partial charge in [0.2, 0.25) is 5.91 Å². The number of thioether (sulfide) groups is 1. The minimum absolute atomic E-state index is 0.167. The molecule has 2 aromatic heterocycles. The highest BCUT2D eigenvalue weighted by molar-refractivity contribution is 7.99. The maximum Gasteiger partial charge on any atom is 0.341 e. The fourth-order valence-electron chi connectivity index (χ4n) is 2.17. The molecule has 2 heterocycles. The molecule has 0 aromatic carbocycles. The van der Waals surface area contributed by atoms with Gasteiger partial charge in [-0.15, -0.1) is 11.3 Å². The molecule has 0 spiro atoms. The summed E-state index contributed by atoms with van der Waals surface area (Å²) in [5.74, 6) is -0.323. The number of hydrogen-bond donors (Lipinski definition) is 1. The Morgan fingerprint density at radius 2 is 2.12 bits per heavy atom. The average Bonchev–Trinajstić information content (AvgIpc) is 2.89. The van der Waals surface area contributed by atoms with Crippen molar-refractivity contribution in [3.63, 3.8) is 0 Å². The molecule has 1 N–H and O–H groups in total. The van der Waals surface area contributed by atoms with Crippen molar-refractivity contribution >= 4 is 40.0 Å². The van der Waals surface area contributed by atoms with Gasteiger partial charge in [0.25, 0.3) is 0 Å². The number of aryl methyl sites for hydroxylation is 1. The SMILES string of the molecule is CCOC(=O)c1c(NC(=O)CSc2ccccn2)sc(CC)c1C. The van der Waals surface area contributed by atoms with Gasteiger partial charge in [0, 0.05) is 11.1 Å². The zero-order valence-electron chi connectivity index (χ0n) is 13.9. The zero-order valence-corrected chi connectivity index (χ0v) is 15.6. The van der Waals surface area contributed by atoms with Crippen LogP contribution in [-0.2, 0) is 16.0 Å². The van der Waals surface area contributed by atoms with Crippen LogP contribution in [0.2, 0.25) is 0 Å². The number of pyridine rings is 1. The summed E-state index contributed by atoms with van der Waals surface area (Å²) in [6, 6.07) is 5.56. The number of carbonyl (C=O) groups excluding carboxylic acids is 2. The number of ether oxygens (including phenoxy) is 1. The van der Waals surface area contributed by atoms with Gasteiger partial charge in [-0.3, -0.25) is 4.79 Å². The standard InChI is InChI=1S/C17H20N2O3S2/c1-4-12-11(3)15(17(21)22-5-2)16(24-12)19-13(20)10-23-14-8-6-7-9-18-14/h6-9H,4-5,10H2,1-3H3,(H,19,20). The van der Waals surface area contributed by atoms with Crippen molar-refractivity contribution in [2.45, 2.75) is 32.2 Å². The highest BCUT2D eigenvalue weighted by Crippen LogP contribution is 2.34. The highest BCUT2D eigenvalue weighted by atomic mass is 32.2. The van der Waals surface area contributed by atoms with Gasteiger partial charge in [0.1, 0.15) is 5.00 Å². The molecule has 0 unspecified atom stereocenters. The molecular formula is C17H20N2O3S2. The smallest absolute Gasteiger partial charge is 0.341 e. The summed E-state index contributed by atoms with van der Waals surface area (Å²) in [6.45, 7) is 5.98. The first kappa shape index (κ1) is 18.5. The van der Waals surface area contributed by atoms with Gasteiger partial charge in [-0.05, 0) is 38.0 Å². The van der Waals surface area contributed by atoms with Crippen LogP contribution in [0.5, 0.6) is 0 Å². The Kier molecular flexibility index (Phi) is 6.81. The number of rotatable bonds is 7. The van der Waals surface area contributed by atoms with E-state index < -0.39 is 5.97 Å². The van der Waals surface area contributed by atoms with E-state index in [9.17, 15) is 9.59 Å². The Labute approximate surface area is 149 Å². The molecule has 5 nitrogen and oxygen atoms in total. The van der Waals surface area contributed by atoms with Crippen molar-refractivity contribution in [1.29, 1.82) is 0 Å². The molecule has 0 atom stereocenters. The first-order valence-electron chi connectivity index (χ1n) is 7.69. The van der Waals surface area contributed by atoms with E-state index in [0.29, 0.717) is 17.2 Å². The van der Waals surface area contributed by atoms with E-state index in [2.05, 4.69) is 10.3 Å². The van der Waals surface area contributed by atoms with Crippen molar-refractivity contribution in [2.75, 3.05) is 17.7 Å². The van der Waals surface area contributed by atoms with Crippen LogP contribution in [0, 0.1) is 6.92 Å². The molecule has 128 valence electrons. The Morgan fingerprint density at radius 3 is 2.75 bits per heavy atom. The van der Waals surface area contributed by atoms with E-state index >= 15 is 0 Å². The monoisotopic (exact) mass is 364 g/mol. The number of nitrogens with zero attached hydrogens (tertiary/aromatic N) is 1. The summed E-state index contributed by atoms with van der Waals surface area (Å²) in [6.07, 6.45) is 2.50. The number of aromatic nitrogens is 1. The molecule has 0 saturated heterocycles. The predicted octanol–water partition coefficient (Wildman–Crippen LogP) is 3.92. The van der Waals surface area contributed by atoms with Gasteiger partial charge in [-0.25, -0.2) is 9.78 Å². The van der Waals surface area contributed by atoms with Gasteiger partial charge in [0.15, 0.2) is 0 Å². The van der Waals surface area contributed by atoms with Crippen LogP contribution >= 0.6 is 23.1 Å². The van der Waals surface area contributed by atoms with E-state index in [1.807, 2.05) is 32.0 Å². The molecule has 0 radical (unpaired) electrons. The second kappa shape index (κ2) is 8.84. The van der Waals surface area contributed by atoms with Crippen LogP contribution in [-0.4, -0.2) is 29.2 Å². The van der Waals surface area contributed by atoms with Gasteiger partial charge < -0.3 is 10.1 Å². The van der Waals surface area contributed by atoms with Crippen LogP contribution < -0.4 is 5.32 Å². The molecule has 0 saturated carbocycles. The number of amides is 1. The van der Waals surface area contributed by atoms with E-state index in [-0.39, 0.29) is 11.7 Å². The maximum atomic E-state index is 12.2. The third kappa shape index (κ3) is 4.58. The second-order valence-corrected chi connectivity index (χ2v) is 7.03. The Hall–Kier alpha value is -1.86. The average molecular weight is 364 g/mol. The summed E-state index contributed by atoms with van der Waals surface area (Å²) in [7, 11) is 0. The van der Waals surface area contributed by atoms with Crippen molar-refractivity contribution in [3.05, 3.63) is 40.4 Å². The largest absolute Gasteiger partial charge is 0.462 e. The quantitative estimate of drug-likeness (QED) is 0.596. The van der Waals surface area contributed by atoms with E-state index in [1.54, 1.807) is 13.1 Å². The fraction of sp³-hybridized carbons (Fsp3) is 0.353. The number of nitrogens with one attached hydrogen (secondary N) is 1. The maximum absolute atomic E-state index is 12.2. The highest BCUT2D eigenvalue weighted by Gasteiger charge is 2.22. The number of hydrogen-bond acceptors (Lipinski definition) is 6. The predicted molar refractivity (Wildman–Crippen MR) is 98.0 cm³/mol. The molecule has 2 rings (SSSR count). The fourth-order valence-corrected chi connectivity index (χ4v) is 3.98. The molecule has 0 bridgehead atoms. The lowest BCUT2D eigenvalue weighted by molar-refractivity contribution is -0.113. The minimum Gasteiger partial charge on any atom is -0.462 e. The topological polar surface area (TPSA) is 68.3 Å². The van der Waals surface area contributed by atoms with Crippen LogP contribution in [0.25, 0.3) is 0 Å². The third-order valence-corrected chi connectivity index (χ3v) is 5.58. The Bertz CT molecular complexity index is 714. The summed E-state index contributed by atoms with van der Waals surface area (Å²) >= 11 is 2.79. The molecule has 7 heteroatoms. The molecule has 2 aromatic rings. The summed E-state index contributed by atoms with van der Waals surface area (Å²) < 4.78 is 5.12. The van der Waals surface area contributed by atoms with E-state index in [0.717, 1.165) is 21.9 Å². The molecule has 0 aliphatic heterocycles. The van der Waals surface area contributed by atoms with Gasteiger partial charge in [-0.2, -0.15) is 0 Å². The third-order valence-electron chi connectivity index (χ3n) is 3.29. The normalized spacial score (nSPS) is 10.5. The number of anilines is 1. The lowest BCUT2D eigenvalue weighted by Crippen LogP contribution is -2.16. The van der Waals surface area contributed by atoms with Crippen LogP contribution in [0.1, 0.15) is 34.6 Å². The summed E-state index contributed by atoms with van der Waals surface area (Å²) in [4.78, 5) is 29.7. The molecule has 0 aliphatic rings. The van der Waals surface area contributed by atoms with Crippen LogP contribution in [0.4, 0.5) is 5.00 Å². The van der Waals surface area contributed by atoms with Crippen molar-refractivity contribution in [2.24, 2.45) is 0 Å². The second-order valence-electron chi connectivity index (χ2n) is 4.93. The Balaban J connectivity index is 2.10. The van der Waals surface area contributed by atoms with Gasteiger partial charge >= 0.3 is 5.97 Å². The van der Waals surface area contributed by atoms with E-state index in [4.69, 9.17) is 4.74 Å². The van der Waals surface area contributed by atoms with E-state index in [1.165, 1.54) is 23.1 Å². The molecule has 0 aliphatic carbocycles. The number of thiophene rings is 1. The molecular weight excluding hydrogens is 344 g/mol. The Morgan fingerprint density at radius 1 is 1.33 bits per heavy atom. The summed E-state index contributed by atoms with van der Waals surface area (Å²) in [5, 5.41) is 4.20. The summed E-state index contributed by atoms with van der Waals surface area (Å²) in [5.41, 5.74) is 1.35. The minimum atomic E-state index is -0.390. The van der Waals surface area contributed by atoms with Gasteiger partial charge in [0.05, 0.1) is 22.9 Å². The molecule has 0 fully saturated rings. The first-order chi connectivity index (χ1) is 11.6. The lowest BCUT2D eigenvalue weighted by Gasteiger charge is -2.07. The number of carbonyl (C=O) groups is 2. The van der Waals surface area contributed by atoms with Crippen LogP contribution in [0.3, 0.4) is 0 Å². The lowest BCUT2D eigenvalue weighted by atomic mass is 10.1. The molecule has 1 amide bonds. The van der Waals surface area contributed by atoms with Crippen LogP contribution in [0.15, 0.2) is 29.4 Å². The van der Waals surface area contributed by atoms with Crippen molar-refractivity contribution in [3.8, 4) is 0 Å². The zero-order chi connectivity index (χ0) is 17.5. The van der Waals surface area contributed by atoms with Crippen molar-refractivity contribution < 1.29 is 14.3 Å².